The normalized spacial score (nSPS) is 17.9. The van der Waals surface area contributed by atoms with Crippen molar-refractivity contribution in [1.82, 2.24) is 24.2 Å². The third kappa shape index (κ3) is 4.71. The number of pyridine rings is 1. The summed E-state index contributed by atoms with van der Waals surface area (Å²) in [7, 11) is -3.75. The predicted octanol–water partition coefficient (Wildman–Crippen LogP) is 3.24. The Hall–Kier alpha value is -2.99. The number of halogens is 3. The Bertz CT molecular complexity index is 1290. The maximum atomic E-state index is 13.1. The predicted molar refractivity (Wildman–Crippen MR) is 113 cm³/mol. The molecule has 0 spiro atoms. The molecule has 1 unspecified atom stereocenters. The van der Waals surface area contributed by atoms with Gasteiger partial charge >= 0.3 is 6.18 Å². The molecule has 4 rings (SSSR count). The Kier molecular flexibility index (Phi) is 6.14. The third-order valence-corrected chi connectivity index (χ3v) is 7.66. The number of hydrogen-bond acceptors (Lipinski definition) is 5. The molecule has 3 aromatic rings. The van der Waals surface area contributed by atoms with Gasteiger partial charge in [0.15, 0.2) is 11.5 Å². The fraction of sp³-hybridized carbons (Fsp3) is 0.381. The molecular formula is C21H22F3N5O3S. The highest BCUT2D eigenvalue weighted by molar-refractivity contribution is 7.89. The maximum absolute atomic E-state index is 13.1. The Balaban J connectivity index is 1.52. The van der Waals surface area contributed by atoms with Crippen LogP contribution >= 0.6 is 0 Å². The summed E-state index contributed by atoms with van der Waals surface area (Å²) in [4.78, 5) is 12.7. The summed E-state index contributed by atoms with van der Waals surface area (Å²) in [5.74, 6) is -0.474. The van der Waals surface area contributed by atoms with Crippen molar-refractivity contribution in [3.63, 3.8) is 0 Å². The molecule has 8 nitrogen and oxygen atoms in total. The van der Waals surface area contributed by atoms with Crippen molar-refractivity contribution >= 4 is 21.6 Å². The number of alkyl halides is 3. The van der Waals surface area contributed by atoms with E-state index < -0.39 is 27.7 Å². The van der Waals surface area contributed by atoms with Crippen LogP contribution in [0.25, 0.3) is 5.65 Å². The lowest BCUT2D eigenvalue weighted by Gasteiger charge is -2.32. The number of nitrogens with zero attached hydrogens (tertiary/aromatic N) is 4. The molecule has 1 aromatic carbocycles. The first-order valence-corrected chi connectivity index (χ1v) is 11.8. The average molecular weight is 482 g/mol. The van der Waals surface area contributed by atoms with E-state index in [2.05, 4.69) is 15.5 Å². The van der Waals surface area contributed by atoms with E-state index in [1.165, 1.54) is 34.6 Å². The lowest BCUT2D eigenvalue weighted by molar-refractivity contribution is -0.137. The SMILES string of the molecule is CC1CCCCN1S(=O)(=O)c1cccc(C(=O)NCc2nnc3ccc(C(F)(F)F)cn23)c1. The summed E-state index contributed by atoms with van der Waals surface area (Å²) < 4.78 is 67.7. The van der Waals surface area contributed by atoms with E-state index in [1.807, 2.05) is 6.92 Å². The number of sulfonamides is 1. The van der Waals surface area contributed by atoms with Gasteiger partial charge in [-0.3, -0.25) is 9.20 Å². The molecular weight excluding hydrogens is 459 g/mol. The first-order valence-electron chi connectivity index (χ1n) is 10.4. The molecule has 0 aliphatic carbocycles. The van der Waals surface area contributed by atoms with Gasteiger partial charge in [0.1, 0.15) is 0 Å². The summed E-state index contributed by atoms with van der Waals surface area (Å²) in [6.07, 6.45) is -1.13. The number of aromatic nitrogens is 3. The van der Waals surface area contributed by atoms with Crippen molar-refractivity contribution in [1.29, 1.82) is 0 Å². The number of carbonyl (C=O) groups is 1. The third-order valence-electron chi connectivity index (χ3n) is 5.65. The van der Waals surface area contributed by atoms with Crippen molar-refractivity contribution in [3.8, 4) is 0 Å². The molecule has 0 radical (unpaired) electrons. The van der Waals surface area contributed by atoms with Gasteiger partial charge in [-0.15, -0.1) is 10.2 Å². The minimum atomic E-state index is -4.53. The number of amides is 1. The van der Waals surface area contributed by atoms with E-state index in [1.54, 1.807) is 0 Å². The van der Waals surface area contributed by atoms with Crippen LogP contribution in [-0.2, 0) is 22.7 Å². The van der Waals surface area contributed by atoms with Crippen LogP contribution in [0.15, 0.2) is 47.5 Å². The minimum Gasteiger partial charge on any atom is -0.345 e. The summed E-state index contributed by atoms with van der Waals surface area (Å²) >= 11 is 0. The smallest absolute Gasteiger partial charge is 0.345 e. The van der Waals surface area contributed by atoms with Crippen LogP contribution in [0.3, 0.4) is 0 Å². The molecule has 0 bridgehead atoms. The summed E-state index contributed by atoms with van der Waals surface area (Å²) in [5.41, 5.74) is -0.547. The highest BCUT2D eigenvalue weighted by Gasteiger charge is 2.32. The first-order chi connectivity index (χ1) is 15.6. The number of carbonyl (C=O) groups excluding carboxylic acids is 1. The molecule has 1 saturated heterocycles. The van der Waals surface area contributed by atoms with Gasteiger partial charge in [-0.25, -0.2) is 8.42 Å². The molecule has 0 saturated carbocycles. The number of nitrogens with one attached hydrogen (secondary N) is 1. The number of hydrogen-bond donors (Lipinski definition) is 1. The van der Waals surface area contributed by atoms with Gasteiger partial charge in [-0.1, -0.05) is 12.5 Å². The zero-order valence-electron chi connectivity index (χ0n) is 17.7. The number of fused-ring (bicyclic) bond motifs is 1. The molecule has 1 atom stereocenters. The number of benzene rings is 1. The molecule has 1 aliphatic heterocycles. The number of piperidine rings is 1. The first kappa shape index (κ1) is 23.2. The zero-order valence-corrected chi connectivity index (χ0v) is 18.5. The number of rotatable bonds is 5. The van der Waals surface area contributed by atoms with Crippen LogP contribution in [0, 0.1) is 0 Å². The van der Waals surface area contributed by atoms with Crippen LogP contribution in [0.4, 0.5) is 13.2 Å². The van der Waals surface area contributed by atoms with E-state index in [0.29, 0.717) is 6.54 Å². The van der Waals surface area contributed by atoms with Gasteiger partial charge in [0.05, 0.1) is 17.0 Å². The van der Waals surface area contributed by atoms with Crippen LogP contribution in [0.2, 0.25) is 0 Å². The topological polar surface area (TPSA) is 96.7 Å². The van der Waals surface area contributed by atoms with Crippen LogP contribution in [0.5, 0.6) is 0 Å². The summed E-state index contributed by atoms with van der Waals surface area (Å²) in [6, 6.07) is 7.67. The van der Waals surface area contributed by atoms with E-state index >= 15 is 0 Å². The fourth-order valence-electron chi connectivity index (χ4n) is 3.85. The van der Waals surface area contributed by atoms with Crippen molar-refractivity contribution in [2.45, 2.75) is 49.8 Å². The van der Waals surface area contributed by atoms with Crippen molar-refractivity contribution in [2.24, 2.45) is 0 Å². The summed E-state index contributed by atoms with van der Waals surface area (Å²) in [5, 5.41) is 10.2. The highest BCUT2D eigenvalue weighted by Crippen LogP contribution is 2.29. The highest BCUT2D eigenvalue weighted by atomic mass is 32.2. The second-order valence-electron chi connectivity index (χ2n) is 7.93. The van der Waals surface area contributed by atoms with E-state index in [9.17, 15) is 26.4 Å². The molecule has 33 heavy (non-hydrogen) atoms. The molecule has 12 heteroatoms. The molecule has 1 fully saturated rings. The van der Waals surface area contributed by atoms with E-state index in [-0.39, 0.29) is 34.5 Å². The van der Waals surface area contributed by atoms with Crippen LogP contribution in [0.1, 0.15) is 47.9 Å². The molecule has 176 valence electrons. The molecule has 3 heterocycles. The maximum Gasteiger partial charge on any atom is 0.417 e. The molecule has 1 N–H and O–H groups in total. The van der Waals surface area contributed by atoms with Crippen molar-refractivity contribution in [2.75, 3.05) is 6.54 Å². The molecule has 2 aromatic heterocycles. The zero-order chi connectivity index (χ0) is 23.8. The standard InChI is InChI=1S/C21H22F3N5O3S/c1-14-5-2-3-10-29(14)33(31,32)17-7-4-6-15(11-17)20(30)25-12-19-27-26-18-9-8-16(13-28(18)19)21(22,23)24/h4,6-9,11,13-14H,2-3,5,10,12H2,1H3,(H,25,30). The van der Waals surface area contributed by atoms with Crippen LogP contribution in [-0.4, -0.2) is 45.8 Å². The van der Waals surface area contributed by atoms with Gasteiger partial charge < -0.3 is 5.32 Å². The summed E-state index contributed by atoms with van der Waals surface area (Å²) in [6.45, 7) is 2.10. The van der Waals surface area contributed by atoms with Gasteiger partial charge in [0.25, 0.3) is 5.91 Å². The average Bonchev–Trinajstić information content (AvgIpc) is 3.19. The Morgan fingerprint density at radius 3 is 2.70 bits per heavy atom. The minimum absolute atomic E-state index is 0.0200. The Morgan fingerprint density at radius 2 is 1.97 bits per heavy atom. The van der Waals surface area contributed by atoms with E-state index in [4.69, 9.17) is 0 Å². The van der Waals surface area contributed by atoms with Crippen molar-refractivity contribution in [3.05, 3.63) is 59.5 Å². The Morgan fingerprint density at radius 1 is 1.18 bits per heavy atom. The lowest BCUT2D eigenvalue weighted by atomic mass is 10.1. The largest absolute Gasteiger partial charge is 0.417 e. The molecule has 1 amide bonds. The lowest BCUT2D eigenvalue weighted by Crippen LogP contribution is -2.42. The Labute approximate surface area is 188 Å². The quantitative estimate of drug-likeness (QED) is 0.604. The fourth-order valence-corrected chi connectivity index (χ4v) is 5.60. The van der Waals surface area contributed by atoms with Gasteiger partial charge in [-0.2, -0.15) is 17.5 Å². The van der Waals surface area contributed by atoms with Gasteiger partial charge in [0.2, 0.25) is 10.0 Å². The van der Waals surface area contributed by atoms with E-state index in [0.717, 1.165) is 35.9 Å². The van der Waals surface area contributed by atoms with Crippen molar-refractivity contribution < 1.29 is 26.4 Å². The monoisotopic (exact) mass is 481 g/mol. The van der Waals surface area contributed by atoms with Crippen LogP contribution < -0.4 is 5.32 Å². The van der Waals surface area contributed by atoms with Gasteiger partial charge in [-0.05, 0) is 50.1 Å². The van der Waals surface area contributed by atoms with Gasteiger partial charge in [0, 0.05) is 24.3 Å². The second kappa shape index (κ2) is 8.75. The second-order valence-corrected chi connectivity index (χ2v) is 9.82. The molecule has 1 aliphatic rings.